The molecule has 8 heteroatoms. The fourth-order valence-electron chi connectivity index (χ4n) is 1.44. The molecule has 0 N–H and O–H groups in total. The van der Waals surface area contributed by atoms with Crippen molar-refractivity contribution in [3.63, 3.8) is 0 Å². The van der Waals surface area contributed by atoms with Crippen LogP contribution < -0.4 is 0 Å². The summed E-state index contributed by atoms with van der Waals surface area (Å²) in [4.78, 5) is 0. The van der Waals surface area contributed by atoms with Crippen molar-refractivity contribution in [3.8, 4) is 0 Å². The van der Waals surface area contributed by atoms with E-state index in [4.69, 9.17) is 17.7 Å². The zero-order valence-corrected chi connectivity index (χ0v) is 17.0. The van der Waals surface area contributed by atoms with Crippen molar-refractivity contribution >= 4 is 37.6 Å². The van der Waals surface area contributed by atoms with Gasteiger partial charge in [-0.05, 0) is 39.3 Å². The Morgan fingerprint density at radius 1 is 0.812 bits per heavy atom. The van der Waals surface area contributed by atoms with Gasteiger partial charge in [0.1, 0.15) is 17.1 Å². The van der Waals surface area contributed by atoms with E-state index in [-0.39, 0.29) is 0 Å². The van der Waals surface area contributed by atoms with Crippen LogP contribution in [0.3, 0.4) is 0 Å². The standard InChI is InChI=1S/C8H26O4Si4/c1-14(2)10-8(7-9-13,11-15(3)4)12-16(5)6/h14-16H,7H2,1-6,13H3. The van der Waals surface area contributed by atoms with Crippen molar-refractivity contribution < 1.29 is 17.7 Å². The highest BCUT2D eigenvalue weighted by molar-refractivity contribution is 6.51. The van der Waals surface area contributed by atoms with E-state index in [2.05, 4.69) is 39.3 Å². The Hall–Kier alpha value is 0.708. The minimum atomic E-state index is -1.21. The fraction of sp³-hybridized carbons (Fsp3) is 1.00. The highest BCUT2D eigenvalue weighted by atomic mass is 28.3. The molecule has 98 valence electrons. The normalized spacial score (nSPS) is 13.3. The topological polar surface area (TPSA) is 36.9 Å². The molecule has 0 spiro atoms. The quantitative estimate of drug-likeness (QED) is 0.465. The Kier molecular flexibility index (Phi) is 8.27. The molecule has 0 aliphatic carbocycles. The third kappa shape index (κ3) is 7.12. The second-order valence-corrected chi connectivity index (χ2v) is 12.2. The smallest absolute Gasteiger partial charge is 0.277 e. The van der Waals surface area contributed by atoms with E-state index in [0.717, 1.165) is 0 Å². The van der Waals surface area contributed by atoms with Crippen LogP contribution in [0.15, 0.2) is 0 Å². The molecule has 0 heterocycles. The van der Waals surface area contributed by atoms with Gasteiger partial charge in [-0.25, -0.2) is 0 Å². The Bertz CT molecular complexity index is 162. The molecule has 0 saturated carbocycles. The first-order valence-corrected chi connectivity index (χ1v) is 15.0. The maximum Gasteiger partial charge on any atom is 0.277 e. The number of rotatable bonds is 8. The van der Waals surface area contributed by atoms with Crippen LogP contribution in [0.25, 0.3) is 0 Å². The Labute approximate surface area is 107 Å². The zero-order chi connectivity index (χ0) is 12.8. The molecule has 0 radical (unpaired) electrons. The molecule has 0 fully saturated rings. The first kappa shape index (κ1) is 16.7. The Balaban J connectivity index is 4.72. The van der Waals surface area contributed by atoms with E-state index in [9.17, 15) is 0 Å². The molecule has 0 aromatic heterocycles. The van der Waals surface area contributed by atoms with E-state index >= 15 is 0 Å². The third-order valence-electron chi connectivity index (χ3n) is 1.57. The summed E-state index contributed by atoms with van der Waals surface area (Å²) in [5.74, 6) is -0.886. The summed E-state index contributed by atoms with van der Waals surface area (Å²) in [6.45, 7) is 13.2. The predicted molar refractivity (Wildman–Crippen MR) is 78.5 cm³/mol. The minimum absolute atomic E-state index is 0.417. The second-order valence-electron chi connectivity index (χ2n) is 4.62. The zero-order valence-electron chi connectivity index (χ0n) is 11.6. The summed E-state index contributed by atoms with van der Waals surface area (Å²) in [5, 5.41) is 0. The van der Waals surface area contributed by atoms with Crippen molar-refractivity contribution in [2.45, 2.75) is 45.3 Å². The van der Waals surface area contributed by atoms with Crippen molar-refractivity contribution in [1.82, 2.24) is 0 Å². The molecule has 0 saturated heterocycles. The van der Waals surface area contributed by atoms with E-state index in [0.29, 0.717) is 17.1 Å². The van der Waals surface area contributed by atoms with Gasteiger partial charge in [0.15, 0.2) is 27.1 Å². The summed E-state index contributed by atoms with van der Waals surface area (Å²) in [6.07, 6.45) is 0. The summed E-state index contributed by atoms with van der Waals surface area (Å²) < 4.78 is 23.2. The van der Waals surface area contributed by atoms with Gasteiger partial charge in [0, 0.05) is 0 Å². The van der Waals surface area contributed by atoms with Gasteiger partial charge in [-0.2, -0.15) is 0 Å². The van der Waals surface area contributed by atoms with Gasteiger partial charge in [0.25, 0.3) is 5.97 Å². The van der Waals surface area contributed by atoms with E-state index < -0.39 is 33.1 Å². The van der Waals surface area contributed by atoms with Crippen LogP contribution in [0.1, 0.15) is 0 Å². The van der Waals surface area contributed by atoms with Crippen molar-refractivity contribution in [1.29, 1.82) is 0 Å². The molecule has 0 amide bonds. The summed E-state index contributed by atoms with van der Waals surface area (Å²) in [7, 11) is -2.97. The van der Waals surface area contributed by atoms with E-state index in [1.807, 2.05) is 0 Å². The molecule has 0 aliphatic heterocycles. The highest BCUT2D eigenvalue weighted by Gasteiger charge is 2.36. The molecule has 0 rings (SSSR count). The van der Waals surface area contributed by atoms with E-state index in [1.54, 1.807) is 0 Å². The van der Waals surface area contributed by atoms with Crippen LogP contribution in [0.4, 0.5) is 0 Å². The predicted octanol–water partition coefficient (Wildman–Crippen LogP) is -0.0628. The lowest BCUT2D eigenvalue weighted by Gasteiger charge is -2.38. The van der Waals surface area contributed by atoms with Crippen LogP contribution in [-0.4, -0.2) is 50.2 Å². The van der Waals surface area contributed by atoms with Crippen molar-refractivity contribution in [3.05, 3.63) is 0 Å². The first-order chi connectivity index (χ1) is 7.31. The Morgan fingerprint density at radius 3 is 1.31 bits per heavy atom. The van der Waals surface area contributed by atoms with Crippen LogP contribution in [0, 0.1) is 0 Å². The number of hydrogen-bond donors (Lipinski definition) is 0. The molecular formula is C8H26O4Si4. The molecule has 4 nitrogen and oxygen atoms in total. The fourth-order valence-corrected chi connectivity index (χ4v) is 4.82. The summed E-state index contributed by atoms with van der Waals surface area (Å²) >= 11 is 0. The van der Waals surface area contributed by atoms with Crippen LogP contribution in [0.2, 0.25) is 39.3 Å². The number of hydrogen-bond acceptors (Lipinski definition) is 4. The second kappa shape index (κ2) is 7.92. The van der Waals surface area contributed by atoms with Gasteiger partial charge in [-0.1, -0.05) is 0 Å². The van der Waals surface area contributed by atoms with Gasteiger partial charge < -0.3 is 17.7 Å². The van der Waals surface area contributed by atoms with Gasteiger partial charge in [-0.15, -0.1) is 0 Å². The molecular weight excluding hydrogens is 272 g/mol. The monoisotopic (exact) mass is 298 g/mol. The molecule has 0 unspecified atom stereocenters. The van der Waals surface area contributed by atoms with Crippen LogP contribution in [0.5, 0.6) is 0 Å². The maximum absolute atomic E-state index is 5.96. The summed E-state index contributed by atoms with van der Waals surface area (Å²) in [6, 6.07) is 0. The average molecular weight is 299 g/mol. The largest absolute Gasteiger partial charge is 0.420 e. The van der Waals surface area contributed by atoms with Gasteiger partial charge in [0.05, 0.1) is 0 Å². The van der Waals surface area contributed by atoms with Crippen molar-refractivity contribution in [2.24, 2.45) is 0 Å². The molecule has 0 bridgehead atoms. The molecule has 0 aromatic rings. The lowest BCUT2D eigenvalue weighted by atomic mass is 10.6. The van der Waals surface area contributed by atoms with Gasteiger partial charge in [-0.3, -0.25) is 0 Å². The molecule has 0 atom stereocenters. The lowest BCUT2D eigenvalue weighted by Crippen LogP contribution is -2.51. The maximum atomic E-state index is 5.96. The Morgan fingerprint density at radius 2 is 1.12 bits per heavy atom. The van der Waals surface area contributed by atoms with Crippen molar-refractivity contribution in [2.75, 3.05) is 6.61 Å². The average Bonchev–Trinajstić information content (AvgIpc) is 1.98. The van der Waals surface area contributed by atoms with Gasteiger partial charge in [0.2, 0.25) is 0 Å². The van der Waals surface area contributed by atoms with Gasteiger partial charge >= 0.3 is 0 Å². The first-order valence-electron chi connectivity index (χ1n) is 5.83. The minimum Gasteiger partial charge on any atom is -0.420 e. The molecule has 0 aliphatic rings. The third-order valence-corrected chi connectivity index (χ3v) is 4.35. The van der Waals surface area contributed by atoms with E-state index in [1.165, 1.54) is 0 Å². The lowest BCUT2D eigenvalue weighted by molar-refractivity contribution is -0.275. The SMILES string of the molecule is C[SiH](C)OC(CO[SiH3])(O[SiH](C)C)O[SiH](C)C. The van der Waals surface area contributed by atoms with Crippen LogP contribution >= 0.6 is 0 Å². The summed E-state index contributed by atoms with van der Waals surface area (Å²) in [5.41, 5.74) is 0. The molecule has 16 heavy (non-hydrogen) atoms. The molecule has 0 aromatic carbocycles. The highest BCUT2D eigenvalue weighted by Crippen LogP contribution is 2.20. The van der Waals surface area contributed by atoms with Crippen LogP contribution in [-0.2, 0) is 17.7 Å².